The van der Waals surface area contributed by atoms with Gasteiger partial charge in [-0.15, -0.1) is 0 Å². The van der Waals surface area contributed by atoms with Crippen LogP contribution in [-0.2, 0) is 6.61 Å². The molecular weight excluding hydrogens is 310 g/mol. The highest BCUT2D eigenvalue weighted by molar-refractivity contribution is 5.67. The third-order valence-corrected chi connectivity index (χ3v) is 3.97. The first-order valence-corrected chi connectivity index (χ1v) is 8.18. The Bertz CT molecular complexity index is 929. The maximum Gasteiger partial charge on any atom is 0.167 e. The topological polar surface area (TPSA) is 35.3 Å². The number of aromatic nitrogens is 1. The largest absolute Gasteiger partial charge is 0.489 e. The summed E-state index contributed by atoms with van der Waals surface area (Å²) in [4.78, 5) is 0. The molecule has 3 aromatic carbocycles. The van der Waals surface area contributed by atoms with Crippen molar-refractivity contribution < 1.29 is 9.26 Å². The second kappa shape index (κ2) is 7.05. The van der Waals surface area contributed by atoms with Gasteiger partial charge in [-0.25, -0.2) is 0 Å². The van der Waals surface area contributed by atoms with Crippen LogP contribution in [0.3, 0.4) is 0 Å². The smallest absolute Gasteiger partial charge is 0.167 e. The number of ether oxygens (including phenoxy) is 1. The van der Waals surface area contributed by atoms with Gasteiger partial charge >= 0.3 is 0 Å². The van der Waals surface area contributed by atoms with Gasteiger partial charge in [-0.05, 0) is 29.8 Å². The molecule has 0 saturated carbocycles. The van der Waals surface area contributed by atoms with E-state index in [2.05, 4.69) is 17.3 Å². The fraction of sp³-hybridized carbons (Fsp3) is 0.0455. The normalized spacial score (nSPS) is 10.6. The van der Waals surface area contributed by atoms with E-state index in [1.54, 1.807) is 0 Å². The van der Waals surface area contributed by atoms with Crippen molar-refractivity contribution >= 4 is 0 Å². The summed E-state index contributed by atoms with van der Waals surface area (Å²) in [7, 11) is 0. The fourth-order valence-corrected chi connectivity index (χ4v) is 2.61. The first-order chi connectivity index (χ1) is 12.4. The van der Waals surface area contributed by atoms with Gasteiger partial charge in [0.05, 0.1) is 0 Å². The first kappa shape index (κ1) is 15.2. The van der Waals surface area contributed by atoms with Gasteiger partial charge in [0, 0.05) is 17.2 Å². The molecule has 0 aliphatic carbocycles. The molecular formula is C22H17NO2. The van der Waals surface area contributed by atoms with Gasteiger partial charge in [0.15, 0.2) is 5.76 Å². The Kier molecular flexibility index (Phi) is 4.29. The first-order valence-electron chi connectivity index (χ1n) is 8.18. The molecule has 0 unspecified atom stereocenters. The van der Waals surface area contributed by atoms with Gasteiger partial charge in [0.2, 0.25) is 0 Å². The number of hydrogen-bond acceptors (Lipinski definition) is 3. The third kappa shape index (κ3) is 3.61. The summed E-state index contributed by atoms with van der Waals surface area (Å²) in [6.07, 6.45) is 0. The Hall–Kier alpha value is -3.33. The van der Waals surface area contributed by atoms with Crippen LogP contribution >= 0.6 is 0 Å². The Balaban J connectivity index is 1.46. The lowest BCUT2D eigenvalue weighted by Gasteiger charge is -2.06. The molecule has 4 rings (SSSR count). The van der Waals surface area contributed by atoms with Crippen molar-refractivity contribution in [3.8, 4) is 28.3 Å². The zero-order valence-corrected chi connectivity index (χ0v) is 13.6. The maximum atomic E-state index is 5.81. The molecule has 0 atom stereocenters. The van der Waals surface area contributed by atoms with Crippen molar-refractivity contribution in [2.24, 2.45) is 0 Å². The average Bonchev–Trinajstić information content (AvgIpc) is 3.19. The minimum atomic E-state index is 0.558. The molecule has 0 amide bonds. The summed E-state index contributed by atoms with van der Waals surface area (Å²) in [6, 6.07) is 29.9. The lowest BCUT2D eigenvalue weighted by molar-refractivity contribution is 0.306. The van der Waals surface area contributed by atoms with Crippen LogP contribution < -0.4 is 4.74 Å². The molecule has 0 fully saturated rings. The van der Waals surface area contributed by atoms with E-state index in [1.165, 1.54) is 0 Å². The van der Waals surface area contributed by atoms with Gasteiger partial charge < -0.3 is 9.26 Å². The molecule has 0 aliphatic heterocycles. The maximum absolute atomic E-state index is 5.81. The summed E-state index contributed by atoms with van der Waals surface area (Å²) in [5, 5.41) is 4.17. The van der Waals surface area contributed by atoms with Crippen molar-refractivity contribution in [2.45, 2.75) is 6.61 Å². The lowest BCUT2D eigenvalue weighted by atomic mass is 10.1. The predicted molar refractivity (Wildman–Crippen MR) is 98.1 cm³/mol. The van der Waals surface area contributed by atoms with Crippen LogP contribution in [0.4, 0.5) is 0 Å². The second-order valence-corrected chi connectivity index (χ2v) is 5.74. The van der Waals surface area contributed by atoms with E-state index < -0.39 is 0 Å². The molecule has 1 aromatic heterocycles. The Morgan fingerprint density at radius 2 is 1.40 bits per heavy atom. The monoisotopic (exact) mass is 327 g/mol. The molecule has 0 saturated heterocycles. The summed E-state index contributed by atoms with van der Waals surface area (Å²) in [5.41, 5.74) is 3.98. The Morgan fingerprint density at radius 3 is 2.12 bits per heavy atom. The van der Waals surface area contributed by atoms with E-state index in [-0.39, 0.29) is 0 Å². The van der Waals surface area contributed by atoms with Crippen LogP contribution in [-0.4, -0.2) is 5.16 Å². The number of nitrogens with zero attached hydrogens (tertiary/aromatic N) is 1. The average molecular weight is 327 g/mol. The molecule has 1 heterocycles. The Morgan fingerprint density at radius 1 is 0.720 bits per heavy atom. The zero-order valence-electron chi connectivity index (χ0n) is 13.6. The van der Waals surface area contributed by atoms with Gasteiger partial charge in [-0.3, -0.25) is 0 Å². The third-order valence-electron chi connectivity index (χ3n) is 3.97. The van der Waals surface area contributed by atoms with Crippen LogP contribution in [0.5, 0.6) is 5.75 Å². The standard InChI is InChI=1S/C22H17NO2/c1-3-7-17(8-4-1)16-24-20-13-11-18(12-14-20)21-15-22(25-23-21)19-9-5-2-6-10-19/h1-15H,16H2. The molecule has 25 heavy (non-hydrogen) atoms. The highest BCUT2D eigenvalue weighted by Crippen LogP contribution is 2.27. The zero-order chi connectivity index (χ0) is 16.9. The summed E-state index contributed by atoms with van der Waals surface area (Å²) in [6.45, 7) is 0.558. The molecule has 0 aliphatic rings. The molecule has 0 spiro atoms. The van der Waals surface area contributed by atoms with Gasteiger partial charge in [0.1, 0.15) is 18.1 Å². The molecule has 3 heteroatoms. The minimum absolute atomic E-state index is 0.558. The lowest BCUT2D eigenvalue weighted by Crippen LogP contribution is -1.94. The predicted octanol–water partition coefficient (Wildman–Crippen LogP) is 5.59. The van der Waals surface area contributed by atoms with Crippen LogP contribution in [0, 0.1) is 0 Å². The highest BCUT2D eigenvalue weighted by Gasteiger charge is 2.08. The summed E-state index contributed by atoms with van der Waals surface area (Å²) >= 11 is 0. The van der Waals surface area contributed by atoms with Crippen LogP contribution in [0.25, 0.3) is 22.6 Å². The van der Waals surface area contributed by atoms with E-state index in [9.17, 15) is 0 Å². The van der Waals surface area contributed by atoms with E-state index in [0.717, 1.165) is 33.9 Å². The van der Waals surface area contributed by atoms with E-state index in [1.807, 2.05) is 78.9 Å². The molecule has 0 bridgehead atoms. The number of rotatable bonds is 5. The van der Waals surface area contributed by atoms with Gasteiger partial charge in [-0.2, -0.15) is 0 Å². The van der Waals surface area contributed by atoms with Crippen LogP contribution in [0.15, 0.2) is 95.5 Å². The highest BCUT2D eigenvalue weighted by atomic mass is 16.5. The molecule has 0 N–H and O–H groups in total. The van der Waals surface area contributed by atoms with E-state index in [4.69, 9.17) is 9.26 Å². The Labute approximate surface area is 146 Å². The van der Waals surface area contributed by atoms with Crippen molar-refractivity contribution in [3.63, 3.8) is 0 Å². The van der Waals surface area contributed by atoms with E-state index in [0.29, 0.717) is 6.61 Å². The van der Waals surface area contributed by atoms with Gasteiger partial charge in [0.25, 0.3) is 0 Å². The summed E-state index contributed by atoms with van der Waals surface area (Å²) in [5.74, 6) is 1.60. The summed E-state index contributed by atoms with van der Waals surface area (Å²) < 4.78 is 11.3. The van der Waals surface area contributed by atoms with Crippen molar-refractivity contribution in [1.29, 1.82) is 0 Å². The van der Waals surface area contributed by atoms with E-state index >= 15 is 0 Å². The van der Waals surface area contributed by atoms with Crippen molar-refractivity contribution in [1.82, 2.24) is 5.16 Å². The van der Waals surface area contributed by atoms with Crippen molar-refractivity contribution in [2.75, 3.05) is 0 Å². The molecule has 3 nitrogen and oxygen atoms in total. The van der Waals surface area contributed by atoms with Gasteiger partial charge in [-0.1, -0.05) is 65.8 Å². The number of benzene rings is 3. The number of hydrogen-bond donors (Lipinski definition) is 0. The van der Waals surface area contributed by atoms with Crippen molar-refractivity contribution in [3.05, 3.63) is 96.6 Å². The van der Waals surface area contributed by atoms with Crippen LogP contribution in [0.2, 0.25) is 0 Å². The second-order valence-electron chi connectivity index (χ2n) is 5.74. The fourth-order valence-electron chi connectivity index (χ4n) is 2.61. The molecule has 122 valence electrons. The quantitative estimate of drug-likeness (QED) is 0.479. The minimum Gasteiger partial charge on any atom is -0.489 e. The SMILES string of the molecule is c1ccc(COc2ccc(-c3cc(-c4ccccc4)on3)cc2)cc1. The molecule has 4 aromatic rings. The van der Waals surface area contributed by atoms with Crippen LogP contribution in [0.1, 0.15) is 5.56 Å². The molecule has 0 radical (unpaired) electrons.